The number of halogens is 3. The number of fused-ring (bicyclic) bond motifs is 3. The molecule has 0 aliphatic carbocycles. The Morgan fingerprint density at radius 3 is 1.64 bits per heavy atom. The number of methoxy groups -OCH3 is 7. The molecule has 276 valence electrons. The van der Waals surface area contributed by atoms with E-state index in [1.807, 2.05) is 41.1 Å². The predicted octanol–water partition coefficient (Wildman–Crippen LogP) is 9.18. The average Bonchev–Trinajstić information content (AvgIpc) is 3.57. The van der Waals surface area contributed by atoms with E-state index in [1.54, 1.807) is 43.5 Å². The van der Waals surface area contributed by atoms with E-state index in [0.717, 1.165) is 5.56 Å². The van der Waals surface area contributed by atoms with Gasteiger partial charge in [0, 0.05) is 34.8 Å². The lowest BCUT2D eigenvalue weighted by atomic mass is 9.86. The minimum atomic E-state index is -5.23. The highest BCUT2D eigenvalue weighted by Crippen LogP contribution is 2.50. The van der Waals surface area contributed by atoms with Gasteiger partial charge >= 0.3 is 6.18 Å². The van der Waals surface area contributed by atoms with Crippen molar-refractivity contribution in [3.05, 3.63) is 90.1 Å². The molecule has 0 radical (unpaired) electrons. The Labute approximate surface area is 304 Å². The standard InChI is InChI=1S/C41H38F3NO8/c1-47-26-12-8-23(9-13-26)16-17-45-22-29(24-10-14-30(48-2)32(18-24)50-4)37-27-20-34(52-6)35(53-7)21-28(27)38(40(46)41(42,43)44)36(39(37)45)25-11-15-31(49-3)33(19-25)51-5/h8-15,18-22H,16-17H2,1-7H3. The van der Waals surface area contributed by atoms with Gasteiger partial charge in [-0.2, -0.15) is 13.2 Å². The molecule has 5 aromatic carbocycles. The number of aryl methyl sites for hydroxylation is 2. The van der Waals surface area contributed by atoms with Gasteiger partial charge in [0.2, 0.25) is 0 Å². The van der Waals surface area contributed by atoms with Crippen molar-refractivity contribution in [2.24, 2.45) is 0 Å². The Morgan fingerprint density at radius 1 is 0.604 bits per heavy atom. The summed E-state index contributed by atoms with van der Waals surface area (Å²) in [5.74, 6) is 0.693. The van der Waals surface area contributed by atoms with Crippen LogP contribution < -0.4 is 33.2 Å². The third-order valence-corrected chi connectivity index (χ3v) is 9.28. The zero-order valence-corrected chi connectivity index (χ0v) is 30.3. The molecule has 0 N–H and O–H groups in total. The number of carbonyl (C=O) groups excluding carboxylic acids is 1. The molecule has 53 heavy (non-hydrogen) atoms. The monoisotopic (exact) mass is 729 g/mol. The average molecular weight is 730 g/mol. The molecule has 12 heteroatoms. The SMILES string of the molecule is COc1ccc(CCn2cc(-c3ccc(OC)c(OC)c3)c3c4cc(OC)c(OC)cc4c(C(=O)C(F)(F)F)c(-c4ccc(OC)c(OC)c4)c32)cc1. The molecule has 0 fully saturated rings. The van der Waals surface area contributed by atoms with Gasteiger partial charge in [-0.05, 0) is 82.4 Å². The fourth-order valence-electron chi connectivity index (χ4n) is 6.73. The van der Waals surface area contributed by atoms with Crippen LogP contribution >= 0.6 is 0 Å². The summed E-state index contributed by atoms with van der Waals surface area (Å²) in [5, 5.41) is 0.950. The van der Waals surface area contributed by atoms with Crippen molar-refractivity contribution >= 4 is 27.5 Å². The number of ether oxygens (including phenoxy) is 7. The molecular formula is C41H38F3NO8. The van der Waals surface area contributed by atoms with E-state index in [-0.39, 0.29) is 28.2 Å². The number of hydrogen-bond donors (Lipinski definition) is 0. The molecule has 6 aromatic rings. The fourth-order valence-corrected chi connectivity index (χ4v) is 6.73. The minimum Gasteiger partial charge on any atom is -0.497 e. The lowest BCUT2D eigenvalue weighted by Gasteiger charge is -2.21. The highest BCUT2D eigenvalue weighted by molar-refractivity contribution is 6.28. The molecule has 0 aliphatic rings. The quantitative estimate of drug-likeness (QED) is 0.109. The van der Waals surface area contributed by atoms with Crippen LogP contribution in [-0.4, -0.2) is 66.3 Å². The van der Waals surface area contributed by atoms with E-state index in [1.165, 1.54) is 48.7 Å². The predicted molar refractivity (Wildman–Crippen MR) is 197 cm³/mol. The zero-order chi connectivity index (χ0) is 38.0. The number of carbonyl (C=O) groups is 1. The maximum absolute atomic E-state index is 14.8. The van der Waals surface area contributed by atoms with Gasteiger partial charge in [0.15, 0.2) is 34.5 Å². The van der Waals surface area contributed by atoms with Crippen LogP contribution in [-0.2, 0) is 13.0 Å². The molecule has 0 saturated heterocycles. The maximum Gasteiger partial charge on any atom is 0.454 e. The molecule has 1 heterocycles. The number of aromatic nitrogens is 1. The highest BCUT2D eigenvalue weighted by Gasteiger charge is 2.43. The summed E-state index contributed by atoms with van der Waals surface area (Å²) in [4.78, 5) is 13.8. The lowest BCUT2D eigenvalue weighted by molar-refractivity contribution is -0.0883. The molecule has 0 aliphatic heterocycles. The number of Topliss-reactive ketones (excluding diaryl/α,β-unsaturated/α-hetero) is 1. The van der Waals surface area contributed by atoms with Gasteiger partial charge in [-0.15, -0.1) is 0 Å². The van der Waals surface area contributed by atoms with Crippen LogP contribution in [0.25, 0.3) is 43.9 Å². The second-order valence-electron chi connectivity index (χ2n) is 12.0. The number of nitrogens with zero attached hydrogens (tertiary/aromatic N) is 1. The molecular weight excluding hydrogens is 691 g/mol. The van der Waals surface area contributed by atoms with E-state index in [0.29, 0.717) is 68.9 Å². The van der Waals surface area contributed by atoms with E-state index in [4.69, 9.17) is 33.2 Å². The van der Waals surface area contributed by atoms with Crippen molar-refractivity contribution in [2.45, 2.75) is 19.1 Å². The van der Waals surface area contributed by atoms with Gasteiger partial charge < -0.3 is 37.7 Å². The van der Waals surface area contributed by atoms with Crippen molar-refractivity contribution in [1.29, 1.82) is 0 Å². The number of rotatable bonds is 13. The summed E-state index contributed by atoms with van der Waals surface area (Å²) in [7, 11) is 10.4. The Morgan fingerprint density at radius 2 is 1.11 bits per heavy atom. The van der Waals surface area contributed by atoms with Crippen molar-refractivity contribution in [3.8, 4) is 62.5 Å². The van der Waals surface area contributed by atoms with Gasteiger partial charge in [-0.3, -0.25) is 4.79 Å². The highest BCUT2D eigenvalue weighted by atomic mass is 19.4. The molecule has 0 bridgehead atoms. The fraction of sp³-hybridized carbons (Fsp3) is 0.244. The van der Waals surface area contributed by atoms with Crippen LogP contribution in [0.1, 0.15) is 15.9 Å². The molecule has 0 saturated carbocycles. The number of alkyl halides is 3. The Kier molecular flexibility index (Phi) is 10.3. The summed E-state index contributed by atoms with van der Waals surface area (Å²) in [6.07, 6.45) is -2.85. The summed E-state index contributed by atoms with van der Waals surface area (Å²) >= 11 is 0. The van der Waals surface area contributed by atoms with Gasteiger partial charge in [0.1, 0.15) is 5.75 Å². The van der Waals surface area contributed by atoms with E-state index >= 15 is 0 Å². The lowest BCUT2D eigenvalue weighted by Crippen LogP contribution is -2.24. The first-order chi connectivity index (χ1) is 25.5. The molecule has 0 atom stereocenters. The first-order valence-corrected chi connectivity index (χ1v) is 16.5. The Bertz CT molecular complexity index is 2310. The largest absolute Gasteiger partial charge is 0.497 e. The molecule has 0 spiro atoms. The summed E-state index contributed by atoms with van der Waals surface area (Å²) in [5.41, 5.74) is 2.54. The van der Waals surface area contributed by atoms with Crippen molar-refractivity contribution in [3.63, 3.8) is 0 Å². The first kappa shape index (κ1) is 36.7. The van der Waals surface area contributed by atoms with Crippen LogP contribution in [0.5, 0.6) is 40.2 Å². The van der Waals surface area contributed by atoms with Crippen LogP contribution in [0.3, 0.4) is 0 Å². The molecule has 0 amide bonds. The van der Waals surface area contributed by atoms with Crippen LogP contribution in [0.15, 0.2) is 79.0 Å². The maximum atomic E-state index is 14.8. The van der Waals surface area contributed by atoms with E-state index in [2.05, 4.69) is 0 Å². The minimum absolute atomic E-state index is 0.0249. The van der Waals surface area contributed by atoms with Gasteiger partial charge in [-0.1, -0.05) is 24.3 Å². The number of hydrogen-bond acceptors (Lipinski definition) is 8. The normalized spacial score (nSPS) is 11.4. The van der Waals surface area contributed by atoms with Crippen molar-refractivity contribution < 1.29 is 51.1 Å². The number of ketones is 1. The third kappa shape index (κ3) is 6.72. The second-order valence-corrected chi connectivity index (χ2v) is 12.0. The van der Waals surface area contributed by atoms with E-state index in [9.17, 15) is 18.0 Å². The molecule has 0 unspecified atom stereocenters. The molecule has 9 nitrogen and oxygen atoms in total. The topological polar surface area (TPSA) is 86.6 Å². The third-order valence-electron chi connectivity index (χ3n) is 9.28. The van der Waals surface area contributed by atoms with Crippen LogP contribution in [0, 0.1) is 0 Å². The summed E-state index contributed by atoms with van der Waals surface area (Å²) < 4.78 is 85.1. The Balaban J connectivity index is 1.83. The molecule has 6 rings (SSSR count). The molecule has 1 aromatic heterocycles. The summed E-state index contributed by atoms with van der Waals surface area (Å²) in [6.45, 7) is 0.328. The zero-order valence-electron chi connectivity index (χ0n) is 30.3. The number of benzene rings is 5. The van der Waals surface area contributed by atoms with Crippen molar-refractivity contribution in [1.82, 2.24) is 4.57 Å². The van der Waals surface area contributed by atoms with Gasteiger partial charge in [-0.25, -0.2) is 0 Å². The van der Waals surface area contributed by atoms with Gasteiger partial charge in [0.05, 0.1) is 55.3 Å². The summed E-state index contributed by atoms with van der Waals surface area (Å²) in [6, 6.07) is 20.8. The Hall–Kier alpha value is -6.04. The van der Waals surface area contributed by atoms with Gasteiger partial charge in [0.25, 0.3) is 5.78 Å². The second kappa shape index (κ2) is 14.9. The smallest absolute Gasteiger partial charge is 0.454 e. The van der Waals surface area contributed by atoms with Crippen LogP contribution in [0.4, 0.5) is 13.2 Å². The van der Waals surface area contributed by atoms with E-state index < -0.39 is 17.5 Å². The van der Waals surface area contributed by atoms with Crippen molar-refractivity contribution in [2.75, 3.05) is 49.8 Å². The first-order valence-electron chi connectivity index (χ1n) is 16.5. The van der Waals surface area contributed by atoms with Crippen LogP contribution in [0.2, 0.25) is 0 Å².